The second kappa shape index (κ2) is 6.89. The molecule has 0 atom stereocenters. The Morgan fingerprint density at radius 2 is 1.67 bits per heavy atom. The summed E-state index contributed by atoms with van der Waals surface area (Å²) in [7, 11) is 0. The van der Waals surface area contributed by atoms with Gasteiger partial charge in [0.15, 0.2) is 0 Å². The lowest BCUT2D eigenvalue weighted by atomic mass is 10.2. The molecule has 1 fully saturated rings. The van der Waals surface area contributed by atoms with Gasteiger partial charge >= 0.3 is 0 Å². The third-order valence-corrected chi connectivity index (χ3v) is 4.20. The number of hydrogen-bond donors (Lipinski definition) is 1. The van der Waals surface area contributed by atoms with Crippen molar-refractivity contribution >= 4 is 33.4 Å². The largest absolute Gasteiger partial charge is 0.356 e. The lowest BCUT2D eigenvalue weighted by Gasteiger charge is -2.21. The summed E-state index contributed by atoms with van der Waals surface area (Å²) >= 11 is 3.44. The molecule has 4 nitrogen and oxygen atoms in total. The number of hydrogen-bond acceptors (Lipinski definition) is 4. The highest BCUT2D eigenvalue weighted by molar-refractivity contribution is 9.10. The van der Waals surface area contributed by atoms with Gasteiger partial charge in [0, 0.05) is 29.4 Å². The van der Waals surface area contributed by atoms with E-state index in [1.54, 1.807) is 0 Å². The number of nitrogens with zero attached hydrogens (tertiary/aromatic N) is 3. The Morgan fingerprint density at radius 1 is 0.952 bits per heavy atom. The fourth-order valence-electron chi connectivity index (χ4n) is 2.55. The second-order valence-corrected chi connectivity index (χ2v) is 6.19. The number of aromatic nitrogens is 2. The molecule has 3 rings (SSSR count). The van der Waals surface area contributed by atoms with Gasteiger partial charge in [-0.1, -0.05) is 28.8 Å². The van der Waals surface area contributed by atoms with Crippen LogP contribution < -0.4 is 10.2 Å². The van der Waals surface area contributed by atoms with Crippen LogP contribution in [0.25, 0.3) is 0 Å². The van der Waals surface area contributed by atoms with Gasteiger partial charge in [-0.3, -0.25) is 0 Å². The zero-order valence-electron chi connectivity index (χ0n) is 11.9. The topological polar surface area (TPSA) is 41.1 Å². The van der Waals surface area contributed by atoms with E-state index in [2.05, 4.69) is 36.1 Å². The summed E-state index contributed by atoms with van der Waals surface area (Å²) < 4.78 is 1.06. The summed E-state index contributed by atoms with van der Waals surface area (Å²) in [6.07, 6.45) is 6.98. The molecule has 1 N–H and O–H groups in total. The molecule has 1 aromatic carbocycles. The molecule has 1 aromatic heterocycles. The average molecular weight is 347 g/mol. The van der Waals surface area contributed by atoms with E-state index in [1.165, 1.54) is 25.7 Å². The van der Waals surface area contributed by atoms with Crippen molar-refractivity contribution in [3.63, 3.8) is 0 Å². The molecule has 1 saturated heterocycles. The number of anilines is 3. The molecule has 1 aliphatic rings. The van der Waals surface area contributed by atoms with Crippen LogP contribution in [-0.2, 0) is 0 Å². The maximum Gasteiger partial charge on any atom is 0.229 e. The Bertz CT molecular complexity index is 577. The summed E-state index contributed by atoms with van der Waals surface area (Å²) in [6, 6.07) is 10.0. The molecule has 0 radical (unpaired) electrons. The van der Waals surface area contributed by atoms with E-state index in [-0.39, 0.29) is 0 Å². The molecule has 5 heteroatoms. The van der Waals surface area contributed by atoms with Crippen molar-refractivity contribution in [1.29, 1.82) is 0 Å². The fraction of sp³-hybridized carbons (Fsp3) is 0.375. The highest BCUT2D eigenvalue weighted by Crippen LogP contribution is 2.20. The molecule has 0 aliphatic carbocycles. The van der Waals surface area contributed by atoms with Crippen LogP contribution in [0.5, 0.6) is 0 Å². The van der Waals surface area contributed by atoms with Gasteiger partial charge in [-0.15, -0.1) is 0 Å². The van der Waals surface area contributed by atoms with Crippen molar-refractivity contribution in [2.24, 2.45) is 0 Å². The van der Waals surface area contributed by atoms with Gasteiger partial charge in [0.1, 0.15) is 5.82 Å². The van der Waals surface area contributed by atoms with E-state index in [0.717, 1.165) is 29.1 Å². The van der Waals surface area contributed by atoms with Gasteiger partial charge < -0.3 is 10.2 Å². The standard InChI is InChI=1S/C16H19BrN4/c17-13-5-7-14(8-6-13)19-16-18-10-9-15(20-16)21-11-3-1-2-4-12-21/h5-10H,1-4,11-12H2,(H,18,19,20). The van der Waals surface area contributed by atoms with Crippen molar-refractivity contribution in [3.8, 4) is 0 Å². The lowest BCUT2D eigenvalue weighted by molar-refractivity contribution is 0.726. The Labute approximate surface area is 133 Å². The minimum Gasteiger partial charge on any atom is -0.356 e. The molecular formula is C16H19BrN4. The molecule has 110 valence electrons. The van der Waals surface area contributed by atoms with Gasteiger partial charge in [-0.05, 0) is 43.2 Å². The van der Waals surface area contributed by atoms with E-state index in [4.69, 9.17) is 0 Å². The maximum absolute atomic E-state index is 4.65. The second-order valence-electron chi connectivity index (χ2n) is 5.27. The predicted octanol–water partition coefficient (Wildman–Crippen LogP) is 4.36. The number of nitrogens with one attached hydrogen (secondary N) is 1. The highest BCUT2D eigenvalue weighted by Gasteiger charge is 2.11. The molecule has 21 heavy (non-hydrogen) atoms. The van der Waals surface area contributed by atoms with Crippen LogP contribution >= 0.6 is 15.9 Å². The third-order valence-electron chi connectivity index (χ3n) is 3.67. The lowest BCUT2D eigenvalue weighted by Crippen LogP contribution is -2.25. The van der Waals surface area contributed by atoms with Gasteiger partial charge in [0.2, 0.25) is 5.95 Å². The molecule has 0 amide bonds. The normalized spacial score (nSPS) is 15.6. The van der Waals surface area contributed by atoms with Gasteiger partial charge in [0.25, 0.3) is 0 Å². The van der Waals surface area contributed by atoms with E-state index < -0.39 is 0 Å². The molecule has 0 unspecified atom stereocenters. The summed E-state index contributed by atoms with van der Waals surface area (Å²) in [6.45, 7) is 2.18. The van der Waals surface area contributed by atoms with Crippen LogP contribution in [-0.4, -0.2) is 23.1 Å². The van der Waals surface area contributed by atoms with Crippen LogP contribution in [0.3, 0.4) is 0 Å². The van der Waals surface area contributed by atoms with Crippen LogP contribution in [0.15, 0.2) is 41.0 Å². The minimum atomic E-state index is 0.652. The first kappa shape index (κ1) is 14.3. The zero-order chi connectivity index (χ0) is 14.5. The quantitative estimate of drug-likeness (QED) is 0.896. The van der Waals surface area contributed by atoms with Gasteiger partial charge in [0.05, 0.1) is 0 Å². The van der Waals surface area contributed by atoms with Crippen molar-refractivity contribution in [1.82, 2.24) is 9.97 Å². The monoisotopic (exact) mass is 346 g/mol. The molecular weight excluding hydrogens is 328 g/mol. The van der Waals surface area contributed by atoms with Crippen LogP contribution in [0.4, 0.5) is 17.5 Å². The fourth-order valence-corrected chi connectivity index (χ4v) is 2.81. The number of halogens is 1. The Hall–Kier alpha value is -1.62. The zero-order valence-corrected chi connectivity index (χ0v) is 13.5. The first-order valence-corrected chi connectivity index (χ1v) is 8.21. The number of rotatable bonds is 3. The SMILES string of the molecule is Brc1ccc(Nc2nccc(N3CCCCCC3)n2)cc1. The van der Waals surface area contributed by atoms with Crippen molar-refractivity contribution in [3.05, 3.63) is 41.0 Å². The van der Waals surface area contributed by atoms with E-state index in [1.807, 2.05) is 36.5 Å². The van der Waals surface area contributed by atoms with E-state index in [9.17, 15) is 0 Å². The first-order chi connectivity index (χ1) is 10.3. The maximum atomic E-state index is 4.65. The molecule has 0 saturated carbocycles. The van der Waals surface area contributed by atoms with Gasteiger partial charge in [-0.25, -0.2) is 4.98 Å². The Balaban J connectivity index is 1.74. The van der Waals surface area contributed by atoms with Gasteiger partial charge in [-0.2, -0.15) is 4.98 Å². The minimum absolute atomic E-state index is 0.652. The summed E-state index contributed by atoms with van der Waals surface area (Å²) in [4.78, 5) is 11.3. The average Bonchev–Trinajstić information content (AvgIpc) is 2.79. The summed E-state index contributed by atoms with van der Waals surface area (Å²) in [5.74, 6) is 1.67. The highest BCUT2D eigenvalue weighted by atomic mass is 79.9. The van der Waals surface area contributed by atoms with Crippen LogP contribution in [0.2, 0.25) is 0 Å². The molecule has 0 bridgehead atoms. The molecule has 2 aromatic rings. The van der Waals surface area contributed by atoms with Crippen molar-refractivity contribution in [2.45, 2.75) is 25.7 Å². The summed E-state index contributed by atoms with van der Waals surface area (Å²) in [5, 5.41) is 3.26. The van der Waals surface area contributed by atoms with E-state index >= 15 is 0 Å². The molecule has 0 spiro atoms. The Kier molecular flexibility index (Phi) is 4.70. The number of benzene rings is 1. The summed E-state index contributed by atoms with van der Waals surface area (Å²) in [5.41, 5.74) is 0.992. The Morgan fingerprint density at radius 3 is 2.38 bits per heavy atom. The van der Waals surface area contributed by atoms with Crippen molar-refractivity contribution < 1.29 is 0 Å². The first-order valence-electron chi connectivity index (χ1n) is 7.42. The smallest absolute Gasteiger partial charge is 0.229 e. The van der Waals surface area contributed by atoms with E-state index in [0.29, 0.717) is 5.95 Å². The van der Waals surface area contributed by atoms with Crippen LogP contribution in [0.1, 0.15) is 25.7 Å². The van der Waals surface area contributed by atoms with Crippen LogP contribution in [0, 0.1) is 0 Å². The molecule has 2 heterocycles. The molecule has 1 aliphatic heterocycles. The third kappa shape index (κ3) is 3.94. The predicted molar refractivity (Wildman–Crippen MR) is 90.1 cm³/mol. The van der Waals surface area contributed by atoms with Crippen molar-refractivity contribution in [2.75, 3.05) is 23.3 Å².